The molecule has 4 rings (SSSR count). The fourth-order valence-electron chi connectivity index (χ4n) is 4.73. The lowest BCUT2D eigenvalue weighted by Crippen LogP contribution is -2.49. The van der Waals surface area contributed by atoms with E-state index >= 15 is 0 Å². The fraction of sp³-hybridized carbons (Fsp3) is 0.462. The number of nitrogens with one attached hydrogen (secondary N) is 2. The van der Waals surface area contributed by atoms with E-state index in [0.717, 1.165) is 51.1 Å². The maximum atomic E-state index is 12.7. The topological polar surface area (TPSA) is 67.9 Å². The number of rotatable bonds is 5. The number of amides is 2. The summed E-state index contributed by atoms with van der Waals surface area (Å²) in [5.74, 6) is -1.34. The summed E-state index contributed by atoms with van der Waals surface area (Å²) in [7, 11) is 4.26. The van der Waals surface area contributed by atoms with Gasteiger partial charge in [0.2, 0.25) is 0 Å². The van der Waals surface area contributed by atoms with Crippen molar-refractivity contribution in [2.45, 2.75) is 25.8 Å². The van der Waals surface area contributed by atoms with Crippen LogP contribution in [-0.2, 0) is 16.0 Å². The van der Waals surface area contributed by atoms with Gasteiger partial charge >= 0.3 is 11.8 Å². The van der Waals surface area contributed by atoms with Crippen molar-refractivity contribution >= 4 is 34.8 Å². The lowest BCUT2D eigenvalue weighted by Gasteiger charge is -2.39. The van der Waals surface area contributed by atoms with Crippen molar-refractivity contribution in [3.05, 3.63) is 58.1 Å². The van der Waals surface area contributed by atoms with E-state index in [9.17, 15) is 9.59 Å². The Morgan fingerprint density at radius 3 is 2.50 bits per heavy atom. The number of hydrogen-bond donors (Lipinski definition) is 2. The van der Waals surface area contributed by atoms with Gasteiger partial charge in [0.25, 0.3) is 0 Å². The minimum absolute atomic E-state index is 0.0109. The standard InChI is InChI=1S/C26H34ClN5O2/c1-18-6-8-21(16-22(18)27)29-26(34)25(33)28-17-24(32-13-11-30(2)12-14-32)20-7-9-23-19(15-20)5-4-10-31(23)3/h6-9,15-16,24H,4-5,10-14,17H2,1-3H3,(H,28,33)(H,29,34)/t24-/m0/s1. The molecule has 0 aliphatic carbocycles. The highest BCUT2D eigenvalue weighted by molar-refractivity contribution is 6.39. The van der Waals surface area contributed by atoms with Gasteiger partial charge in [-0.25, -0.2) is 0 Å². The normalized spacial score (nSPS) is 17.7. The summed E-state index contributed by atoms with van der Waals surface area (Å²) < 4.78 is 0. The Hall–Kier alpha value is -2.61. The highest BCUT2D eigenvalue weighted by Crippen LogP contribution is 2.31. The Balaban J connectivity index is 1.47. The Labute approximate surface area is 207 Å². The van der Waals surface area contributed by atoms with E-state index in [1.807, 2.05) is 13.0 Å². The summed E-state index contributed by atoms with van der Waals surface area (Å²) in [5, 5.41) is 6.07. The minimum atomic E-state index is -0.691. The van der Waals surface area contributed by atoms with E-state index in [1.54, 1.807) is 12.1 Å². The summed E-state index contributed by atoms with van der Waals surface area (Å²) in [6.45, 7) is 7.13. The lowest BCUT2D eigenvalue weighted by atomic mass is 9.95. The third-order valence-corrected chi connectivity index (χ3v) is 7.32. The van der Waals surface area contributed by atoms with Gasteiger partial charge in [-0.3, -0.25) is 14.5 Å². The summed E-state index contributed by atoms with van der Waals surface area (Å²) in [6.07, 6.45) is 2.21. The molecule has 7 nitrogen and oxygen atoms in total. The minimum Gasteiger partial charge on any atom is -0.374 e. The first kappa shape index (κ1) is 24.5. The molecule has 2 amide bonds. The zero-order valence-corrected chi connectivity index (χ0v) is 21.0. The predicted molar refractivity (Wildman–Crippen MR) is 138 cm³/mol. The van der Waals surface area contributed by atoms with Gasteiger partial charge in [0.15, 0.2) is 0 Å². The number of anilines is 2. The second-order valence-electron chi connectivity index (χ2n) is 9.40. The number of carbonyl (C=O) groups is 2. The molecule has 0 unspecified atom stereocenters. The van der Waals surface area contributed by atoms with E-state index in [-0.39, 0.29) is 6.04 Å². The molecule has 2 aliphatic rings. The molecule has 0 spiro atoms. The number of halogens is 1. The van der Waals surface area contributed by atoms with Crippen molar-refractivity contribution in [1.82, 2.24) is 15.1 Å². The number of nitrogens with zero attached hydrogens (tertiary/aromatic N) is 3. The molecule has 2 aliphatic heterocycles. The maximum Gasteiger partial charge on any atom is 0.313 e. The van der Waals surface area contributed by atoms with Gasteiger partial charge < -0.3 is 20.4 Å². The van der Waals surface area contributed by atoms with Gasteiger partial charge in [-0.05, 0) is 61.7 Å². The molecule has 0 radical (unpaired) electrons. The van der Waals surface area contributed by atoms with Crippen LogP contribution in [0.3, 0.4) is 0 Å². The molecule has 1 atom stereocenters. The van der Waals surface area contributed by atoms with Crippen molar-refractivity contribution in [3.63, 3.8) is 0 Å². The van der Waals surface area contributed by atoms with Gasteiger partial charge in [-0.2, -0.15) is 0 Å². The molecule has 182 valence electrons. The molecular weight excluding hydrogens is 450 g/mol. The maximum absolute atomic E-state index is 12.7. The van der Waals surface area contributed by atoms with Crippen molar-refractivity contribution in [1.29, 1.82) is 0 Å². The zero-order valence-electron chi connectivity index (χ0n) is 20.2. The average molecular weight is 484 g/mol. The molecule has 0 bridgehead atoms. The van der Waals surface area contributed by atoms with Crippen LogP contribution in [0.25, 0.3) is 0 Å². The van der Waals surface area contributed by atoms with E-state index in [2.05, 4.69) is 57.6 Å². The molecule has 2 aromatic carbocycles. The first-order chi connectivity index (χ1) is 16.3. The first-order valence-electron chi connectivity index (χ1n) is 11.9. The molecule has 34 heavy (non-hydrogen) atoms. The molecule has 2 N–H and O–H groups in total. The van der Waals surface area contributed by atoms with Crippen molar-refractivity contribution < 1.29 is 9.59 Å². The van der Waals surface area contributed by atoms with Crippen molar-refractivity contribution in [2.75, 3.05) is 63.6 Å². The van der Waals surface area contributed by atoms with Gasteiger partial charge in [-0.15, -0.1) is 0 Å². The van der Waals surface area contributed by atoms with Crippen LogP contribution in [0, 0.1) is 6.92 Å². The molecule has 1 fully saturated rings. The second kappa shape index (κ2) is 10.8. The van der Waals surface area contributed by atoms with Crippen molar-refractivity contribution in [3.8, 4) is 0 Å². The summed E-state index contributed by atoms with van der Waals surface area (Å²) in [4.78, 5) is 32.2. The molecule has 1 saturated heterocycles. The molecule has 2 aromatic rings. The van der Waals surface area contributed by atoms with Crippen LogP contribution in [-0.4, -0.2) is 75.0 Å². The SMILES string of the molecule is Cc1ccc(NC(=O)C(=O)NC[C@@H](c2ccc3c(c2)CCCN3C)N2CCN(C)CC2)cc1Cl. The molecule has 0 saturated carbocycles. The predicted octanol–water partition coefficient (Wildman–Crippen LogP) is 3.07. The number of likely N-dealkylation sites (N-methyl/N-ethyl adjacent to an activating group) is 1. The van der Waals surface area contributed by atoms with E-state index in [0.29, 0.717) is 17.3 Å². The Kier molecular flexibility index (Phi) is 7.76. The number of hydrogen-bond acceptors (Lipinski definition) is 5. The highest BCUT2D eigenvalue weighted by atomic mass is 35.5. The Morgan fingerprint density at radius 2 is 1.76 bits per heavy atom. The molecule has 2 heterocycles. The van der Waals surface area contributed by atoms with E-state index in [1.165, 1.54) is 16.8 Å². The number of benzene rings is 2. The molecular formula is C26H34ClN5O2. The number of carbonyl (C=O) groups excluding carboxylic acids is 2. The van der Waals surface area contributed by atoms with E-state index < -0.39 is 11.8 Å². The van der Waals surface area contributed by atoms with Gasteiger partial charge in [-0.1, -0.05) is 29.8 Å². The molecule has 8 heteroatoms. The third-order valence-electron chi connectivity index (χ3n) is 6.91. The number of fused-ring (bicyclic) bond motifs is 1. The van der Waals surface area contributed by atoms with Gasteiger partial charge in [0.1, 0.15) is 0 Å². The van der Waals surface area contributed by atoms with Crippen LogP contribution in [0.5, 0.6) is 0 Å². The summed E-state index contributed by atoms with van der Waals surface area (Å²) in [5.41, 5.74) is 5.24. The Morgan fingerprint density at radius 1 is 1.00 bits per heavy atom. The lowest BCUT2D eigenvalue weighted by molar-refractivity contribution is -0.136. The summed E-state index contributed by atoms with van der Waals surface area (Å²) in [6, 6.07) is 11.9. The average Bonchev–Trinajstić information content (AvgIpc) is 2.82. The summed E-state index contributed by atoms with van der Waals surface area (Å²) >= 11 is 6.14. The highest BCUT2D eigenvalue weighted by Gasteiger charge is 2.27. The van der Waals surface area contributed by atoms with Crippen molar-refractivity contribution in [2.24, 2.45) is 0 Å². The van der Waals surface area contributed by atoms with Crippen LogP contribution in [0.15, 0.2) is 36.4 Å². The monoisotopic (exact) mass is 483 g/mol. The number of aryl methyl sites for hydroxylation is 2. The fourth-order valence-corrected chi connectivity index (χ4v) is 4.91. The van der Waals surface area contributed by atoms with Crippen LogP contribution < -0.4 is 15.5 Å². The van der Waals surface area contributed by atoms with E-state index in [4.69, 9.17) is 11.6 Å². The van der Waals surface area contributed by atoms with Crippen LogP contribution in [0.2, 0.25) is 5.02 Å². The van der Waals surface area contributed by atoms with Gasteiger partial charge in [0.05, 0.1) is 6.04 Å². The smallest absolute Gasteiger partial charge is 0.313 e. The quantitative estimate of drug-likeness (QED) is 0.640. The van der Waals surface area contributed by atoms with Crippen LogP contribution in [0.4, 0.5) is 11.4 Å². The largest absolute Gasteiger partial charge is 0.374 e. The molecule has 0 aromatic heterocycles. The second-order valence-corrected chi connectivity index (χ2v) is 9.80. The van der Waals surface area contributed by atoms with Gasteiger partial charge in [0, 0.05) is 62.7 Å². The number of piperazine rings is 1. The van der Waals surface area contributed by atoms with Crippen LogP contribution in [0.1, 0.15) is 29.2 Å². The van der Waals surface area contributed by atoms with Crippen LogP contribution >= 0.6 is 11.6 Å². The first-order valence-corrected chi connectivity index (χ1v) is 12.3. The third kappa shape index (κ3) is 5.71. The Bertz CT molecular complexity index is 1050. The zero-order chi connectivity index (χ0) is 24.2.